The molecule has 0 N–H and O–H groups in total. The smallest absolute Gasteiger partial charge is 0.140 e. The third kappa shape index (κ3) is 1.50. The molecule has 0 radical (unpaired) electrons. The fourth-order valence-corrected chi connectivity index (χ4v) is 1.99. The van der Waals surface area contributed by atoms with Crippen LogP contribution in [0.1, 0.15) is 56.0 Å². The molecular formula is C11H17NO. The van der Waals surface area contributed by atoms with Crippen LogP contribution in [0.2, 0.25) is 0 Å². The van der Waals surface area contributed by atoms with E-state index >= 15 is 0 Å². The number of nitrogens with zero attached hydrogens (tertiary/aromatic N) is 1. The predicted molar refractivity (Wildman–Crippen MR) is 51.9 cm³/mol. The molecule has 1 heterocycles. The summed E-state index contributed by atoms with van der Waals surface area (Å²) in [6, 6.07) is 0. The average Bonchev–Trinajstić information content (AvgIpc) is 2.60. The van der Waals surface area contributed by atoms with Crippen LogP contribution in [0.5, 0.6) is 0 Å². The van der Waals surface area contributed by atoms with Gasteiger partial charge in [-0.15, -0.1) is 0 Å². The monoisotopic (exact) mass is 179 g/mol. The van der Waals surface area contributed by atoms with Crippen molar-refractivity contribution in [3.8, 4) is 0 Å². The molecule has 0 amide bonds. The SMILES string of the molecule is CCC(C)c1noc2c1CCCC2. The van der Waals surface area contributed by atoms with Gasteiger partial charge in [0.2, 0.25) is 0 Å². The summed E-state index contributed by atoms with van der Waals surface area (Å²) in [5.41, 5.74) is 2.64. The number of fused-ring (bicyclic) bond motifs is 1. The molecule has 0 aromatic carbocycles. The van der Waals surface area contributed by atoms with Gasteiger partial charge in [-0.3, -0.25) is 0 Å². The van der Waals surface area contributed by atoms with Crippen molar-refractivity contribution in [1.82, 2.24) is 5.16 Å². The maximum absolute atomic E-state index is 5.36. The Morgan fingerprint density at radius 1 is 1.38 bits per heavy atom. The Kier molecular flexibility index (Phi) is 2.38. The predicted octanol–water partition coefficient (Wildman–Crippen LogP) is 3.07. The highest BCUT2D eigenvalue weighted by Crippen LogP contribution is 2.29. The van der Waals surface area contributed by atoms with E-state index in [1.165, 1.54) is 30.5 Å². The van der Waals surface area contributed by atoms with Crippen molar-refractivity contribution >= 4 is 0 Å². The van der Waals surface area contributed by atoms with Gasteiger partial charge in [-0.1, -0.05) is 19.0 Å². The summed E-state index contributed by atoms with van der Waals surface area (Å²) in [6.07, 6.45) is 6.00. The van der Waals surface area contributed by atoms with E-state index in [4.69, 9.17) is 4.52 Å². The first kappa shape index (κ1) is 8.79. The maximum Gasteiger partial charge on any atom is 0.140 e. The highest BCUT2D eigenvalue weighted by Gasteiger charge is 2.21. The molecule has 0 fully saturated rings. The highest BCUT2D eigenvalue weighted by atomic mass is 16.5. The Labute approximate surface area is 79.3 Å². The van der Waals surface area contributed by atoms with Crippen LogP contribution in [0.15, 0.2) is 4.52 Å². The van der Waals surface area contributed by atoms with Crippen LogP contribution >= 0.6 is 0 Å². The van der Waals surface area contributed by atoms with Crippen molar-refractivity contribution < 1.29 is 4.52 Å². The zero-order valence-corrected chi connectivity index (χ0v) is 8.47. The van der Waals surface area contributed by atoms with E-state index in [0.29, 0.717) is 5.92 Å². The van der Waals surface area contributed by atoms with Crippen molar-refractivity contribution in [2.45, 2.75) is 51.9 Å². The van der Waals surface area contributed by atoms with Crippen molar-refractivity contribution in [3.63, 3.8) is 0 Å². The van der Waals surface area contributed by atoms with Crippen molar-refractivity contribution in [2.24, 2.45) is 0 Å². The molecule has 1 atom stereocenters. The Morgan fingerprint density at radius 3 is 2.92 bits per heavy atom. The largest absolute Gasteiger partial charge is 0.361 e. The number of aryl methyl sites for hydroxylation is 1. The third-order valence-corrected chi connectivity index (χ3v) is 3.06. The van der Waals surface area contributed by atoms with Gasteiger partial charge in [0.1, 0.15) is 5.76 Å². The van der Waals surface area contributed by atoms with Gasteiger partial charge in [-0.2, -0.15) is 0 Å². The molecule has 72 valence electrons. The standard InChI is InChI=1S/C11H17NO/c1-3-8(2)11-9-6-4-5-7-10(9)13-12-11/h8H,3-7H2,1-2H3. The van der Waals surface area contributed by atoms with E-state index in [0.717, 1.165) is 18.6 Å². The molecule has 2 heteroatoms. The quantitative estimate of drug-likeness (QED) is 0.697. The van der Waals surface area contributed by atoms with Gasteiger partial charge in [-0.05, 0) is 25.7 Å². The molecular weight excluding hydrogens is 162 g/mol. The second kappa shape index (κ2) is 3.52. The van der Waals surface area contributed by atoms with E-state index in [-0.39, 0.29) is 0 Å². The fourth-order valence-electron chi connectivity index (χ4n) is 1.99. The van der Waals surface area contributed by atoms with Crippen LogP contribution in [0.4, 0.5) is 0 Å². The average molecular weight is 179 g/mol. The summed E-state index contributed by atoms with van der Waals surface area (Å²) < 4.78 is 5.36. The van der Waals surface area contributed by atoms with Crippen molar-refractivity contribution in [3.05, 3.63) is 17.0 Å². The van der Waals surface area contributed by atoms with Crippen LogP contribution in [-0.2, 0) is 12.8 Å². The Bertz CT molecular complexity index is 290. The first-order valence-corrected chi connectivity index (χ1v) is 5.30. The summed E-state index contributed by atoms with van der Waals surface area (Å²) in [4.78, 5) is 0. The van der Waals surface area contributed by atoms with Crippen LogP contribution in [0, 0.1) is 0 Å². The molecule has 0 aliphatic heterocycles. The lowest BCUT2D eigenvalue weighted by Gasteiger charge is -2.11. The Hall–Kier alpha value is -0.790. The molecule has 2 nitrogen and oxygen atoms in total. The van der Waals surface area contributed by atoms with Crippen LogP contribution in [-0.4, -0.2) is 5.16 Å². The molecule has 1 aliphatic rings. The van der Waals surface area contributed by atoms with Gasteiger partial charge in [0.05, 0.1) is 5.69 Å². The van der Waals surface area contributed by atoms with Gasteiger partial charge < -0.3 is 4.52 Å². The van der Waals surface area contributed by atoms with E-state index in [1.807, 2.05) is 0 Å². The Morgan fingerprint density at radius 2 is 2.15 bits per heavy atom. The first-order chi connectivity index (χ1) is 6.33. The minimum Gasteiger partial charge on any atom is -0.361 e. The van der Waals surface area contributed by atoms with E-state index in [2.05, 4.69) is 19.0 Å². The topological polar surface area (TPSA) is 26.0 Å². The lowest BCUT2D eigenvalue weighted by Crippen LogP contribution is -2.03. The lowest BCUT2D eigenvalue weighted by molar-refractivity contribution is 0.365. The highest BCUT2D eigenvalue weighted by molar-refractivity contribution is 5.27. The number of hydrogen-bond donors (Lipinski definition) is 0. The van der Waals surface area contributed by atoms with Gasteiger partial charge >= 0.3 is 0 Å². The van der Waals surface area contributed by atoms with Gasteiger partial charge in [0.15, 0.2) is 0 Å². The third-order valence-electron chi connectivity index (χ3n) is 3.06. The molecule has 0 saturated carbocycles. The summed E-state index contributed by atoms with van der Waals surface area (Å²) in [5, 5.41) is 4.19. The van der Waals surface area contributed by atoms with Crippen molar-refractivity contribution in [2.75, 3.05) is 0 Å². The van der Waals surface area contributed by atoms with E-state index in [1.54, 1.807) is 0 Å². The molecule has 1 aliphatic carbocycles. The fraction of sp³-hybridized carbons (Fsp3) is 0.727. The van der Waals surface area contributed by atoms with Crippen LogP contribution in [0.25, 0.3) is 0 Å². The second-order valence-corrected chi connectivity index (χ2v) is 3.99. The molecule has 1 aromatic rings. The molecule has 13 heavy (non-hydrogen) atoms. The second-order valence-electron chi connectivity index (χ2n) is 3.99. The zero-order chi connectivity index (χ0) is 9.26. The molecule has 1 aromatic heterocycles. The van der Waals surface area contributed by atoms with Gasteiger partial charge in [0, 0.05) is 17.9 Å². The lowest BCUT2D eigenvalue weighted by atomic mass is 9.91. The van der Waals surface area contributed by atoms with Gasteiger partial charge in [0.25, 0.3) is 0 Å². The van der Waals surface area contributed by atoms with Gasteiger partial charge in [-0.25, -0.2) is 0 Å². The van der Waals surface area contributed by atoms with E-state index < -0.39 is 0 Å². The molecule has 2 rings (SSSR count). The Balaban J connectivity index is 2.31. The summed E-state index contributed by atoms with van der Waals surface area (Å²) in [5.74, 6) is 1.71. The number of aromatic nitrogens is 1. The molecule has 1 unspecified atom stereocenters. The summed E-state index contributed by atoms with van der Waals surface area (Å²) in [7, 11) is 0. The zero-order valence-electron chi connectivity index (χ0n) is 8.47. The first-order valence-electron chi connectivity index (χ1n) is 5.30. The van der Waals surface area contributed by atoms with Crippen molar-refractivity contribution in [1.29, 1.82) is 0 Å². The summed E-state index contributed by atoms with van der Waals surface area (Å²) >= 11 is 0. The van der Waals surface area contributed by atoms with Crippen LogP contribution < -0.4 is 0 Å². The van der Waals surface area contributed by atoms with E-state index in [9.17, 15) is 0 Å². The maximum atomic E-state index is 5.36. The normalized spacial score (nSPS) is 18.3. The molecule has 0 saturated heterocycles. The van der Waals surface area contributed by atoms with Crippen LogP contribution in [0.3, 0.4) is 0 Å². The summed E-state index contributed by atoms with van der Waals surface area (Å²) in [6.45, 7) is 4.43. The number of rotatable bonds is 2. The molecule has 0 spiro atoms. The molecule has 0 bridgehead atoms. The number of hydrogen-bond acceptors (Lipinski definition) is 2. The minimum atomic E-state index is 0.561. The minimum absolute atomic E-state index is 0.561.